The Bertz CT molecular complexity index is 497. The van der Waals surface area contributed by atoms with E-state index in [0.717, 1.165) is 29.3 Å². The summed E-state index contributed by atoms with van der Waals surface area (Å²) < 4.78 is 5.78. The van der Waals surface area contributed by atoms with Gasteiger partial charge in [-0.3, -0.25) is 0 Å². The van der Waals surface area contributed by atoms with Gasteiger partial charge in [-0.25, -0.2) is 4.98 Å². The molecule has 0 unspecified atom stereocenters. The number of rotatable bonds is 3. The molecule has 0 fully saturated rings. The van der Waals surface area contributed by atoms with E-state index in [0.29, 0.717) is 0 Å². The lowest BCUT2D eigenvalue weighted by atomic mass is 9.86. The second kappa shape index (κ2) is 4.36. The number of oxazole rings is 1. The number of aryl methyl sites for hydroxylation is 1. The van der Waals surface area contributed by atoms with Crippen molar-refractivity contribution in [2.24, 2.45) is 0 Å². The van der Waals surface area contributed by atoms with Crippen molar-refractivity contribution in [1.29, 1.82) is 0 Å². The van der Waals surface area contributed by atoms with Crippen molar-refractivity contribution >= 4 is 0 Å². The molecule has 0 spiro atoms. The van der Waals surface area contributed by atoms with Crippen LogP contribution < -0.4 is 0 Å². The number of nitrogens with zero attached hydrogens (tertiary/aromatic N) is 1. The highest BCUT2D eigenvalue weighted by Crippen LogP contribution is 2.31. The molecule has 2 aromatic rings. The molecule has 0 bridgehead atoms. The van der Waals surface area contributed by atoms with E-state index in [-0.39, 0.29) is 5.41 Å². The van der Waals surface area contributed by atoms with E-state index in [1.54, 1.807) is 0 Å². The topological polar surface area (TPSA) is 26.0 Å². The summed E-state index contributed by atoms with van der Waals surface area (Å²) in [4.78, 5) is 4.66. The van der Waals surface area contributed by atoms with Crippen LogP contribution in [0.5, 0.6) is 0 Å². The molecule has 1 aromatic heterocycles. The van der Waals surface area contributed by atoms with Crippen LogP contribution in [-0.2, 0) is 5.41 Å². The smallest absolute Gasteiger partial charge is 0.226 e. The van der Waals surface area contributed by atoms with Crippen molar-refractivity contribution in [2.45, 2.75) is 39.5 Å². The molecule has 1 aromatic carbocycles. The molecule has 90 valence electrons. The van der Waals surface area contributed by atoms with Crippen molar-refractivity contribution in [2.75, 3.05) is 0 Å². The van der Waals surface area contributed by atoms with E-state index in [1.807, 2.05) is 37.3 Å². The maximum atomic E-state index is 5.78. The van der Waals surface area contributed by atoms with Gasteiger partial charge in [-0.1, -0.05) is 39.0 Å². The number of aromatic nitrogens is 1. The van der Waals surface area contributed by atoms with Gasteiger partial charge in [0.05, 0.1) is 5.69 Å². The van der Waals surface area contributed by atoms with Gasteiger partial charge < -0.3 is 4.42 Å². The fraction of sp³-hybridized carbons (Fsp3) is 0.400. The van der Waals surface area contributed by atoms with Gasteiger partial charge in [-0.05, 0) is 25.5 Å². The Labute approximate surface area is 103 Å². The summed E-state index contributed by atoms with van der Waals surface area (Å²) in [5.74, 6) is 1.65. The van der Waals surface area contributed by atoms with Crippen molar-refractivity contribution in [3.63, 3.8) is 0 Å². The van der Waals surface area contributed by atoms with Crippen molar-refractivity contribution < 1.29 is 4.42 Å². The van der Waals surface area contributed by atoms with Crippen LogP contribution in [0.2, 0.25) is 0 Å². The molecule has 1 heterocycles. The van der Waals surface area contributed by atoms with Gasteiger partial charge in [0.2, 0.25) is 5.89 Å². The Morgan fingerprint density at radius 3 is 2.41 bits per heavy atom. The minimum Gasteiger partial charge on any atom is -0.441 e. The van der Waals surface area contributed by atoms with E-state index in [2.05, 4.69) is 25.8 Å². The summed E-state index contributed by atoms with van der Waals surface area (Å²) in [5, 5.41) is 0. The fourth-order valence-electron chi connectivity index (χ4n) is 1.90. The second-order valence-electron chi connectivity index (χ2n) is 5.03. The normalized spacial score (nSPS) is 11.8. The lowest BCUT2D eigenvalue weighted by molar-refractivity contribution is 0.472. The van der Waals surface area contributed by atoms with E-state index >= 15 is 0 Å². The molecule has 0 aliphatic rings. The zero-order valence-corrected chi connectivity index (χ0v) is 10.9. The van der Waals surface area contributed by atoms with Crippen molar-refractivity contribution in [3.05, 3.63) is 41.8 Å². The van der Waals surface area contributed by atoms with E-state index in [4.69, 9.17) is 4.42 Å². The third kappa shape index (κ3) is 2.26. The summed E-state index contributed by atoms with van der Waals surface area (Å²) in [6.45, 7) is 8.57. The Morgan fingerprint density at radius 2 is 1.82 bits per heavy atom. The standard InChI is InChI=1S/C15H19NO/c1-5-15(3,4)13-11(2)17-14(16-13)12-9-7-6-8-10-12/h6-10H,5H2,1-4H3. The van der Waals surface area contributed by atoms with Crippen LogP contribution in [0.15, 0.2) is 34.7 Å². The molecule has 0 aliphatic carbocycles. The first kappa shape index (κ1) is 11.9. The molecule has 0 atom stereocenters. The number of hydrogen-bond donors (Lipinski definition) is 0. The first-order valence-corrected chi connectivity index (χ1v) is 6.08. The second-order valence-corrected chi connectivity index (χ2v) is 5.03. The van der Waals surface area contributed by atoms with Crippen LogP contribution in [0.4, 0.5) is 0 Å². The largest absolute Gasteiger partial charge is 0.441 e. The molecular formula is C15H19NO. The molecular weight excluding hydrogens is 210 g/mol. The summed E-state index contributed by atoms with van der Waals surface area (Å²) in [6, 6.07) is 10.0. The zero-order chi connectivity index (χ0) is 12.5. The number of hydrogen-bond acceptors (Lipinski definition) is 2. The summed E-state index contributed by atoms with van der Waals surface area (Å²) in [5.41, 5.74) is 2.17. The highest BCUT2D eigenvalue weighted by atomic mass is 16.4. The first-order valence-electron chi connectivity index (χ1n) is 6.08. The third-order valence-corrected chi connectivity index (χ3v) is 3.34. The van der Waals surface area contributed by atoms with Gasteiger partial charge in [0.25, 0.3) is 0 Å². The minimum absolute atomic E-state index is 0.0701. The van der Waals surface area contributed by atoms with Crippen LogP contribution in [0.25, 0.3) is 11.5 Å². The third-order valence-electron chi connectivity index (χ3n) is 3.34. The first-order chi connectivity index (χ1) is 8.04. The van der Waals surface area contributed by atoms with Gasteiger partial charge in [-0.2, -0.15) is 0 Å². The molecule has 0 radical (unpaired) electrons. The molecule has 0 N–H and O–H groups in total. The van der Waals surface area contributed by atoms with Gasteiger partial charge in [0.1, 0.15) is 5.76 Å². The minimum atomic E-state index is 0.0701. The van der Waals surface area contributed by atoms with Gasteiger partial charge in [0.15, 0.2) is 0 Å². The van der Waals surface area contributed by atoms with Gasteiger partial charge >= 0.3 is 0 Å². The van der Waals surface area contributed by atoms with Gasteiger partial charge in [0, 0.05) is 11.0 Å². The quantitative estimate of drug-likeness (QED) is 0.782. The average Bonchev–Trinajstić information content (AvgIpc) is 2.73. The van der Waals surface area contributed by atoms with Crippen molar-refractivity contribution in [3.8, 4) is 11.5 Å². The predicted octanol–water partition coefficient (Wildman–Crippen LogP) is 4.34. The van der Waals surface area contributed by atoms with E-state index < -0.39 is 0 Å². The fourth-order valence-corrected chi connectivity index (χ4v) is 1.90. The lowest BCUT2D eigenvalue weighted by Crippen LogP contribution is -2.17. The maximum absolute atomic E-state index is 5.78. The Morgan fingerprint density at radius 1 is 1.18 bits per heavy atom. The molecule has 2 rings (SSSR count). The van der Waals surface area contributed by atoms with Gasteiger partial charge in [-0.15, -0.1) is 0 Å². The van der Waals surface area contributed by atoms with Crippen LogP contribution in [0.3, 0.4) is 0 Å². The lowest BCUT2D eigenvalue weighted by Gasteiger charge is -2.19. The molecule has 2 nitrogen and oxygen atoms in total. The predicted molar refractivity (Wildman–Crippen MR) is 70.0 cm³/mol. The molecule has 0 aliphatic heterocycles. The van der Waals surface area contributed by atoms with Crippen molar-refractivity contribution in [1.82, 2.24) is 4.98 Å². The summed E-state index contributed by atoms with van der Waals surface area (Å²) in [7, 11) is 0. The average molecular weight is 229 g/mol. The van der Waals surface area contributed by atoms with E-state index in [9.17, 15) is 0 Å². The number of benzene rings is 1. The Hall–Kier alpha value is -1.57. The Kier molecular flexibility index (Phi) is 3.05. The highest BCUT2D eigenvalue weighted by molar-refractivity contribution is 5.53. The molecule has 2 heteroatoms. The van der Waals surface area contributed by atoms with Crippen LogP contribution >= 0.6 is 0 Å². The summed E-state index contributed by atoms with van der Waals surface area (Å²) >= 11 is 0. The molecule has 0 saturated carbocycles. The van der Waals surface area contributed by atoms with Crippen LogP contribution in [0.1, 0.15) is 38.6 Å². The molecule has 17 heavy (non-hydrogen) atoms. The maximum Gasteiger partial charge on any atom is 0.226 e. The monoisotopic (exact) mass is 229 g/mol. The Balaban J connectivity index is 2.45. The van der Waals surface area contributed by atoms with Crippen LogP contribution in [0, 0.1) is 6.92 Å². The molecule has 0 saturated heterocycles. The highest BCUT2D eigenvalue weighted by Gasteiger charge is 2.25. The van der Waals surface area contributed by atoms with Crippen LogP contribution in [-0.4, -0.2) is 4.98 Å². The summed E-state index contributed by atoms with van der Waals surface area (Å²) in [6.07, 6.45) is 1.05. The zero-order valence-electron chi connectivity index (χ0n) is 10.9. The van der Waals surface area contributed by atoms with E-state index in [1.165, 1.54) is 0 Å². The molecule has 0 amide bonds. The SMILES string of the molecule is CCC(C)(C)c1nc(-c2ccccc2)oc1C.